The van der Waals surface area contributed by atoms with Crippen molar-refractivity contribution in [2.75, 3.05) is 16.4 Å². The molecular formula is C35H36N4O10. The van der Waals surface area contributed by atoms with Gasteiger partial charge in [-0.15, -0.1) is 0 Å². The molecule has 0 saturated carbocycles. The molecule has 14 nitrogen and oxygen atoms in total. The average molecular weight is 673 g/mol. The summed E-state index contributed by atoms with van der Waals surface area (Å²) in [6.07, 6.45) is 1.91. The van der Waals surface area contributed by atoms with Crippen LogP contribution in [0.2, 0.25) is 0 Å². The molecule has 0 unspecified atom stereocenters. The Morgan fingerprint density at radius 2 is 1.18 bits per heavy atom. The van der Waals surface area contributed by atoms with Crippen LogP contribution in [0.5, 0.6) is 0 Å². The van der Waals surface area contributed by atoms with Gasteiger partial charge in [0, 0.05) is 44.1 Å². The predicted octanol–water partition coefficient (Wildman–Crippen LogP) is 3.29. The minimum atomic E-state index is -0.980. The molecular weight excluding hydrogens is 636 g/mol. The number of carbonyl (C=O) groups is 8. The Balaban J connectivity index is 0.000000319. The second-order valence-electron chi connectivity index (χ2n) is 11.4. The molecule has 14 heteroatoms. The smallest absolute Gasteiger partial charge is 0.342 e. The number of imide groups is 2. The van der Waals surface area contributed by atoms with Crippen LogP contribution in [0.1, 0.15) is 90.4 Å². The molecule has 2 aliphatic rings. The van der Waals surface area contributed by atoms with Gasteiger partial charge < -0.3 is 4.74 Å². The Morgan fingerprint density at radius 3 is 1.65 bits per heavy atom. The number of anilines is 2. The highest BCUT2D eigenvalue weighted by atomic mass is 16.5. The number of ketones is 1. The Morgan fingerprint density at radius 1 is 0.714 bits per heavy atom. The molecule has 0 aliphatic carbocycles. The van der Waals surface area contributed by atoms with Gasteiger partial charge in [-0.3, -0.25) is 48.2 Å². The molecule has 0 radical (unpaired) electrons. The topological polar surface area (TPSA) is 179 Å². The number of aryl methyl sites for hydroxylation is 1. The van der Waals surface area contributed by atoms with Crippen molar-refractivity contribution in [2.45, 2.75) is 72.1 Å². The first-order valence-electron chi connectivity index (χ1n) is 15.8. The van der Waals surface area contributed by atoms with Crippen LogP contribution in [0.15, 0.2) is 53.3 Å². The van der Waals surface area contributed by atoms with Gasteiger partial charge in [0.15, 0.2) is 5.78 Å². The fourth-order valence-electron chi connectivity index (χ4n) is 5.47. The van der Waals surface area contributed by atoms with E-state index in [0.29, 0.717) is 46.2 Å². The Bertz CT molecular complexity index is 1840. The SMILES string of the molecule is CCOC(=O)CCCCC(=O)c1c(C)n(C=O)c(=O)n1C(=O)c1ccc(N2C(=O)CCC2=O)cc1.Cc1ccc(N2C(=O)CCC2=O)cc1. The largest absolute Gasteiger partial charge is 0.466 e. The highest BCUT2D eigenvalue weighted by Gasteiger charge is 2.32. The van der Waals surface area contributed by atoms with Crippen molar-refractivity contribution >= 4 is 59.1 Å². The number of carbonyl (C=O) groups excluding carboxylic acids is 8. The van der Waals surface area contributed by atoms with Crippen LogP contribution in [0.4, 0.5) is 11.4 Å². The van der Waals surface area contributed by atoms with Crippen molar-refractivity contribution in [3.05, 3.63) is 81.5 Å². The van der Waals surface area contributed by atoms with E-state index in [0.717, 1.165) is 10.5 Å². The molecule has 49 heavy (non-hydrogen) atoms. The van der Waals surface area contributed by atoms with Crippen LogP contribution in [0.3, 0.4) is 0 Å². The van der Waals surface area contributed by atoms with Gasteiger partial charge in [-0.25, -0.2) is 13.9 Å². The van der Waals surface area contributed by atoms with Crippen molar-refractivity contribution in [1.82, 2.24) is 9.13 Å². The number of ether oxygens (including phenoxy) is 1. The van der Waals surface area contributed by atoms with E-state index < -0.39 is 17.4 Å². The van der Waals surface area contributed by atoms with Crippen molar-refractivity contribution in [2.24, 2.45) is 0 Å². The van der Waals surface area contributed by atoms with Gasteiger partial charge in [0.25, 0.3) is 5.91 Å². The third kappa shape index (κ3) is 8.03. The van der Waals surface area contributed by atoms with Gasteiger partial charge in [0.2, 0.25) is 30.0 Å². The lowest BCUT2D eigenvalue weighted by Crippen LogP contribution is -2.32. The zero-order chi connectivity index (χ0) is 35.8. The zero-order valence-corrected chi connectivity index (χ0v) is 27.4. The number of hydrogen-bond acceptors (Lipinski definition) is 10. The third-order valence-electron chi connectivity index (χ3n) is 8.01. The fraction of sp³-hybridized carbons (Fsp3) is 0.343. The van der Waals surface area contributed by atoms with E-state index in [-0.39, 0.29) is 85.2 Å². The third-order valence-corrected chi connectivity index (χ3v) is 8.01. The average Bonchev–Trinajstić information content (AvgIpc) is 3.69. The predicted molar refractivity (Wildman–Crippen MR) is 176 cm³/mol. The summed E-state index contributed by atoms with van der Waals surface area (Å²) < 4.78 is 6.17. The van der Waals surface area contributed by atoms with Crippen molar-refractivity contribution < 1.29 is 43.1 Å². The highest BCUT2D eigenvalue weighted by Crippen LogP contribution is 2.24. The van der Waals surface area contributed by atoms with Crippen LogP contribution in [0.25, 0.3) is 0 Å². The molecule has 1 aromatic heterocycles. The quantitative estimate of drug-likeness (QED) is 0.0965. The van der Waals surface area contributed by atoms with Crippen molar-refractivity contribution in [1.29, 1.82) is 0 Å². The van der Waals surface area contributed by atoms with Crippen LogP contribution in [0, 0.1) is 13.8 Å². The van der Waals surface area contributed by atoms with Crippen molar-refractivity contribution in [3.63, 3.8) is 0 Å². The summed E-state index contributed by atoms with van der Waals surface area (Å²) in [5.74, 6) is -2.63. The maximum absolute atomic E-state index is 13.2. The summed E-state index contributed by atoms with van der Waals surface area (Å²) in [5.41, 5.74) is 0.952. The van der Waals surface area contributed by atoms with Crippen LogP contribution in [-0.2, 0) is 33.5 Å². The van der Waals surface area contributed by atoms with Crippen LogP contribution >= 0.6 is 0 Å². The molecule has 2 aliphatic heterocycles. The first-order chi connectivity index (χ1) is 23.4. The lowest BCUT2D eigenvalue weighted by atomic mass is 10.1. The number of nitrogens with zero attached hydrogens (tertiary/aromatic N) is 4. The number of unbranched alkanes of at least 4 members (excludes halogenated alkanes) is 1. The molecule has 3 heterocycles. The van der Waals surface area contributed by atoms with E-state index in [4.69, 9.17) is 4.74 Å². The maximum atomic E-state index is 13.2. The molecule has 2 saturated heterocycles. The number of esters is 1. The van der Waals surface area contributed by atoms with E-state index >= 15 is 0 Å². The Hall–Kier alpha value is -5.79. The van der Waals surface area contributed by atoms with Gasteiger partial charge in [-0.2, -0.15) is 0 Å². The summed E-state index contributed by atoms with van der Waals surface area (Å²) >= 11 is 0. The lowest BCUT2D eigenvalue weighted by Gasteiger charge is -2.14. The Labute approximate surface area is 281 Å². The molecule has 0 atom stereocenters. The standard InChI is InChI=1S/C24H25N3O8.C11H11NO2/c1-3-35-21(32)7-5-4-6-18(29)22-15(2)25(14-28)24(34)27(22)23(33)16-8-10-17(11-9-16)26-19(30)12-13-20(26)31;1-8-2-4-9(5-3-8)12-10(13)6-7-11(12)14/h8-11,14H,3-7,12-13H2,1-2H3;2-5H,6-7H2,1H3. The number of aromatic nitrogens is 2. The normalized spacial score (nSPS) is 14.2. The van der Waals surface area contributed by atoms with Gasteiger partial charge in [-0.05, 0) is 70.0 Å². The summed E-state index contributed by atoms with van der Waals surface area (Å²) in [5, 5.41) is 0. The second-order valence-corrected chi connectivity index (χ2v) is 11.4. The highest BCUT2D eigenvalue weighted by molar-refractivity contribution is 6.20. The molecule has 0 N–H and O–H groups in total. The minimum Gasteiger partial charge on any atom is -0.466 e. The number of hydrogen-bond donors (Lipinski definition) is 0. The Kier molecular flexibility index (Phi) is 11.7. The van der Waals surface area contributed by atoms with E-state index in [2.05, 4.69) is 0 Å². The van der Waals surface area contributed by atoms with E-state index in [1.54, 1.807) is 19.1 Å². The van der Waals surface area contributed by atoms with E-state index in [9.17, 15) is 43.2 Å². The number of imidazole rings is 1. The minimum absolute atomic E-state index is 0.0226. The van der Waals surface area contributed by atoms with Crippen molar-refractivity contribution in [3.8, 4) is 0 Å². The molecule has 2 fully saturated rings. The first kappa shape index (κ1) is 36.1. The number of Topliss-reactive ketones (excluding diaryl/α,β-unsaturated/α-hetero) is 1. The van der Waals surface area contributed by atoms with E-state index in [1.165, 1.54) is 36.1 Å². The zero-order valence-electron chi connectivity index (χ0n) is 27.4. The number of amides is 4. The molecule has 2 aromatic carbocycles. The van der Waals surface area contributed by atoms with Crippen LogP contribution < -0.4 is 15.5 Å². The number of benzene rings is 2. The monoisotopic (exact) mass is 672 g/mol. The maximum Gasteiger partial charge on any atom is 0.342 e. The molecule has 0 bridgehead atoms. The lowest BCUT2D eigenvalue weighted by molar-refractivity contribution is -0.143. The molecule has 256 valence electrons. The molecule has 0 spiro atoms. The first-order valence-corrected chi connectivity index (χ1v) is 15.8. The summed E-state index contributed by atoms with van der Waals surface area (Å²) in [6.45, 7) is 5.31. The van der Waals surface area contributed by atoms with Crippen LogP contribution in [-0.4, -0.2) is 63.4 Å². The van der Waals surface area contributed by atoms with Gasteiger partial charge in [0.05, 0.1) is 23.7 Å². The molecule has 4 amide bonds. The summed E-state index contributed by atoms with van der Waals surface area (Å²) in [6, 6.07) is 12.9. The fourth-order valence-corrected chi connectivity index (χ4v) is 5.47. The number of rotatable bonds is 11. The summed E-state index contributed by atoms with van der Waals surface area (Å²) in [4.78, 5) is 111. The van der Waals surface area contributed by atoms with Gasteiger partial charge in [-0.1, -0.05) is 17.7 Å². The van der Waals surface area contributed by atoms with Gasteiger partial charge >= 0.3 is 11.7 Å². The molecule has 3 aromatic rings. The van der Waals surface area contributed by atoms with E-state index in [1.807, 2.05) is 19.1 Å². The van der Waals surface area contributed by atoms with Gasteiger partial charge in [0.1, 0.15) is 5.69 Å². The second kappa shape index (κ2) is 15.9. The molecule has 5 rings (SSSR count). The summed E-state index contributed by atoms with van der Waals surface area (Å²) in [7, 11) is 0.